The Balaban J connectivity index is 1.80. The Kier molecular flexibility index (Phi) is 7.06. The molecule has 24 heavy (non-hydrogen) atoms. The molecular weight excluding hydrogens is 302 g/mol. The molecule has 1 saturated heterocycles. The van der Waals surface area contributed by atoms with Crippen molar-refractivity contribution < 1.29 is 9.53 Å². The number of nitrogens with one attached hydrogen (secondary N) is 1. The van der Waals surface area contributed by atoms with Crippen LogP contribution in [-0.4, -0.2) is 61.6 Å². The summed E-state index contributed by atoms with van der Waals surface area (Å²) in [6.45, 7) is 12.1. The summed E-state index contributed by atoms with van der Waals surface area (Å²) in [5.41, 5.74) is 1.00. The maximum Gasteiger partial charge on any atom is 0.237 e. The lowest BCUT2D eigenvalue weighted by Gasteiger charge is -2.38. The highest BCUT2D eigenvalue weighted by molar-refractivity contribution is 5.81. The number of methoxy groups -OCH3 is 1. The Morgan fingerprint density at radius 1 is 1.17 bits per heavy atom. The van der Waals surface area contributed by atoms with E-state index in [2.05, 4.69) is 29.0 Å². The van der Waals surface area contributed by atoms with Gasteiger partial charge < -0.3 is 15.0 Å². The summed E-state index contributed by atoms with van der Waals surface area (Å²) in [6.07, 6.45) is 0. The van der Waals surface area contributed by atoms with E-state index < -0.39 is 0 Å². The van der Waals surface area contributed by atoms with Crippen LogP contribution in [0, 0.1) is 5.92 Å². The van der Waals surface area contributed by atoms with Crippen LogP contribution in [0.3, 0.4) is 0 Å². The molecule has 1 aromatic rings. The molecule has 1 fully saturated rings. The lowest BCUT2D eigenvalue weighted by Crippen LogP contribution is -2.54. The molecule has 1 atom stereocenters. The second kappa shape index (κ2) is 9.04. The number of rotatable bonds is 7. The molecule has 1 unspecified atom stereocenters. The molecule has 0 aliphatic carbocycles. The molecule has 5 nitrogen and oxygen atoms in total. The summed E-state index contributed by atoms with van der Waals surface area (Å²) in [7, 11) is 1.65. The van der Waals surface area contributed by atoms with E-state index in [-0.39, 0.29) is 11.9 Å². The van der Waals surface area contributed by atoms with Crippen molar-refractivity contribution in [1.29, 1.82) is 0 Å². The topological polar surface area (TPSA) is 44.8 Å². The molecule has 1 heterocycles. The van der Waals surface area contributed by atoms with Crippen LogP contribution in [0.5, 0.6) is 5.75 Å². The van der Waals surface area contributed by atoms with Crippen LogP contribution in [-0.2, 0) is 11.3 Å². The molecule has 2 rings (SSSR count). The highest BCUT2D eigenvalue weighted by Gasteiger charge is 2.25. The number of benzene rings is 1. The minimum Gasteiger partial charge on any atom is -0.496 e. The van der Waals surface area contributed by atoms with Crippen LogP contribution in [0.25, 0.3) is 0 Å². The van der Waals surface area contributed by atoms with Crippen LogP contribution in [0.1, 0.15) is 26.3 Å². The number of carbonyl (C=O) groups is 1. The van der Waals surface area contributed by atoms with Crippen LogP contribution in [0.15, 0.2) is 24.3 Å². The molecule has 1 aliphatic heterocycles. The Morgan fingerprint density at radius 2 is 1.83 bits per heavy atom. The zero-order valence-corrected chi connectivity index (χ0v) is 15.4. The van der Waals surface area contributed by atoms with E-state index in [1.165, 1.54) is 0 Å². The minimum absolute atomic E-state index is 0.0817. The van der Waals surface area contributed by atoms with Crippen molar-refractivity contribution in [3.05, 3.63) is 29.8 Å². The molecular formula is C19H31N3O2. The summed E-state index contributed by atoms with van der Waals surface area (Å²) >= 11 is 0. The summed E-state index contributed by atoms with van der Waals surface area (Å²) in [5, 5.41) is 3.04. The van der Waals surface area contributed by atoms with Gasteiger partial charge in [0.2, 0.25) is 5.91 Å². The van der Waals surface area contributed by atoms with Crippen molar-refractivity contribution >= 4 is 5.91 Å². The van der Waals surface area contributed by atoms with Gasteiger partial charge in [0, 0.05) is 44.8 Å². The number of amides is 1. The van der Waals surface area contributed by atoms with Crippen molar-refractivity contribution in [2.75, 3.05) is 39.8 Å². The van der Waals surface area contributed by atoms with Crippen molar-refractivity contribution in [2.24, 2.45) is 5.92 Å². The lowest BCUT2D eigenvalue weighted by molar-refractivity contribution is -0.126. The van der Waals surface area contributed by atoms with Gasteiger partial charge in [0.25, 0.3) is 0 Å². The van der Waals surface area contributed by atoms with Crippen LogP contribution in [0.2, 0.25) is 0 Å². The fourth-order valence-corrected chi connectivity index (χ4v) is 3.19. The number of carbonyl (C=O) groups excluding carboxylic acids is 1. The SMILES string of the molecule is COc1ccccc1CNC(=O)C(C)N1CCN(CC(C)C)CC1. The van der Waals surface area contributed by atoms with Gasteiger partial charge in [0.1, 0.15) is 5.75 Å². The molecule has 0 saturated carbocycles. The molecule has 1 amide bonds. The fraction of sp³-hybridized carbons (Fsp3) is 0.632. The third-order valence-electron chi connectivity index (χ3n) is 4.60. The highest BCUT2D eigenvalue weighted by atomic mass is 16.5. The number of ether oxygens (including phenoxy) is 1. The zero-order valence-electron chi connectivity index (χ0n) is 15.4. The molecule has 0 spiro atoms. The van der Waals surface area contributed by atoms with Crippen molar-refractivity contribution in [3.8, 4) is 5.75 Å². The van der Waals surface area contributed by atoms with Crippen LogP contribution < -0.4 is 10.1 Å². The van der Waals surface area contributed by atoms with E-state index >= 15 is 0 Å². The van der Waals surface area contributed by atoms with Gasteiger partial charge in [0.05, 0.1) is 13.2 Å². The summed E-state index contributed by atoms with van der Waals surface area (Å²) in [5.74, 6) is 1.59. The number of hydrogen-bond acceptors (Lipinski definition) is 4. The van der Waals surface area contributed by atoms with Gasteiger partial charge in [0.15, 0.2) is 0 Å². The molecule has 1 N–H and O–H groups in total. The van der Waals surface area contributed by atoms with Gasteiger partial charge in [-0.15, -0.1) is 0 Å². The quantitative estimate of drug-likeness (QED) is 0.829. The van der Waals surface area contributed by atoms with Crippen LogP contribution in [0.4, 0.5) is 0 Å². The first kappa shape index (κ1) is 18.7. The van der Waals surface area contributed by atoms with Gasteiger partial charge in [-0.2, -0.15) is 0 Å². The second-order valence-electron chi connectivity index (χ2n) is 6.94. The van der Waals surface area contributed by atoms with E-state index in [1.807, 2.05) is 31.2 Å². The first-order chi connectivity index (χ1) is 11.5. The number of piperazine rings is 1. The van der Waals surface area contributed by atoms with E-state index in [0.717, 1.165) is 44.0 Å². The summed E-state index contributed by atoms with van der Waals surface area (Å²) < 4.78 is 5.33. The molecule has 1 aliphatic rings. The molecule has 5 heteroatoms. The molecule has 1 aromatic carbocycles. The van der Waals surface area contributed by atoms with E-state index in [0.29, 0.717) is 12.5 Å². The van der Waals surface area contributed by atoms with Gasteiger partial charge >= 0.3 is 0 Å². The first-order valence-corrected chi connectivity index (χ1v) is 8.87. The minimum atomic E-state index is -0.0964. The standard InChI is InChI=1S/C19H31N3O2/c1-15(2)14-21-9-11-22(12-10-21)16(3)19(23)20-13-17-7-5-6-8-18(17)24-4/h5-8,15-16H,9-14H2,1-4H3,(H,20,23). The van der Waals surface area contributed by atoms with E-state index in [4.69, 9.17) is 4.74 Å². The van der Waals surface area contributed by atoms with E-state index in [1.54, 1.807) is 7.11 Å². The first-order valence-electron chi connectivity index (χ1n) is 8.87. The van der Waals surface area contributed by atoms with Gasteiger partial charge in [-0.3, -0.25) is 9.69 Å². The molecule has 134 valence electrons. The Hall–Kier alpha value is -1.59. The summed E-state index contributed by atoms with van der Waals surface area (Å²) in [4.78, 5) is 17.2. The average molecular weight is 333 g/mol. The van der Waals surface area contributed by atoms with Crippen molar-refractivity contribution in [3.63, 3.8) is 0 Å². The molecule has 0 aromatic heterocycles. The average Bonchev–Trinajstić information content (AvgIpc) is 2.59. The second-order valence-corrected chi connectivity index (χ2v) is 6.94. The molecule has 0 bridgehead atoms. The number of nitrogens with zero attached hydrogens (tertiary/aromatic N) is 2. The Bertz CT molecular complexity index is 525. The monoisotopic (exact) mass is 333 g/mol. The number of hydrogen-bond donors (Lipinski definition) is 1. The zero-order chi connectivity index (χ0) is 17.5. The largest absolute Gasteiger partial charge is 0.496 e. The Morgan fingerprint density at radius 3 is 2.46 bits per heavy atom. The smallest absolute Gasteiger partial charge is 0.237 e. The molecule has 0 radical (unpaired) electrons. The predicted molar refractivity (Wildman–Crippen MR) is 97.2 cm³/mol. The lowest BCUT2D eigenvalue weighted by atomic mass is 10.1. The van der Waals surface area contributed by atoms with Crippen LogP contribution >= 0.6 is 0 Å². The highest BCUT2D eigenvalue weighted by Crippen LogP contribution is 2.17. The third-order valence-corrected chi connectivity index (χ3v) is 4.60. The summed E-state index contributed by atoms with van der Waals surface area (Å²) in [6, 6.07) is 7.69. The van der Waals surface area contributed by atoms with Gasteiger partial charge in [-0.1, -0.05) is 32.0 Å². The number of para-hydroxylation sites is 1. The third kappa shape index (κ3) is 5.21. The predicted octanol–water partition coefficient (Wildman–Crippen LogP) is 1.97. The van der Waals surface area contributed by atoms with Gasteiger partial charge in [-0.25, -0.2) is 0 Å². The van der Waals surface area contributed by atoms with E-state index in [9.17, 15) is 4.79 Å². The van der Waals surface area contributed by atoms with Crippen molar-refractivity contribution in [2.45, 2.75) is 33.4 Å². The Labute approximate surface area is 146 Å². The van der Waals surface area contributed by atoms with Gasteiger partial charge in [-0.05, 0) is 18.9 Å². The maximum absolute atomic E-state index is 12.5. The normalized spacial score (nSPS) is 17.7. The fourth-order valence-electron chi connectivity index (χ4n) is 3.19. The van der Waals surface area contributed by atoms with Crippen molar-refractivity contribution in [1.82, 2.24) is 15.1 Å². The maximum atomic E-state index is 12.5.